The molecule has 0 aliphatic heterocycles. The fourth-order valence-corrected chi connectivity index (χ4v) is 2.03. The van der Waals surface area contributed by atoms with Crippen LogP contribution in [-0.4, -0.2) is 35.3 Å². The summed E-state index contributed by atoms with van der Waals surface area (Å²) < 4.78 is 29.2. The molecule has 2 atom stereocenters. The third-order valence-corrected chi connectivity index (χ3v) is 3.59. The molecule has 0 radical (unpaired) electrons. The molecule has 0 aliphatic rings. The molecule has 0 bridgehead atoms. The lowest BCUT2D eigenvalue weighted by atomic mass is 10.1. The highest BCUT2D eigenvalue weighted by atomic mass is 19.3. The number of carbonyl (C=O) groups excluding carboxylic acids is 1. The van der Waals surface area contributed by atoms with Crippen molar-refractivity contribution in [2.75, 3.05) is 6.61 Å². The Hall–Kier alpha value is -2.15. The monoisotopic (exact) mass is 312 g/mol. The van der Waals surface area contributed by atoms with Crippen molar-refractivity contribution in [3.63, 3.8) is 0 Å². The predicted octanol–water partition coefficient (Wildman–Crippen LogP) is 2.52. The number of rotatable bonds is 6. The number of nitrogens with one attached hydrogen (secondary N) is 2. The number of H-pyrrole nitrogens is 1. The second-order valence-corrected chi connectivity index (χ2v) is 5.20. The number of aliphatic hydroxyl groups is 1. The van der Waals surface area contributed by atoms with Crippen LogP contribution < -0.4 is 10.1 Å². The van der Waals surface area contributed by atoms with Crippen LogP contribution >= 0.6 is 0 Å². The molecular formula is C15H18F2N2O3. The van der Waals surface area contributed by atoms with E-state index in [4.69, 9.17) is 5.11 Å². The molecule has 2 unspecified atom stereocenters. The number of alkyl halides is 2. The molecule has 0 saturated heterocycles. The van der Waals surface area contributed by atoms with E-state index in [-0.39, 0.29) is 35.9 Å². The maximum atomic E-state index is 12.4. The first-order valence-corrected chi connectivity index (χ1v) is 6.90. The third kappa shape index (κ3) is 3.54. The number of amides is 1. The van der Waals surface area contributed by atoms with Crippen LogP contribution in [0.5, 0.6) is 5.75 Å². The molecule has 2 rings (SSSR count). The van der Waals surface area contributed by atoms with E-state index in [0.29, 0.717) is 10.9 Å². The molecule has 1 aromatic carbocycles. The van der Waals surface area contributed by atoms with Crippen LogP contribution in [0.25, 0.3) is 10.9 Å². The minimum atomic E-state index is -2.93. The van der Waals surface area contributed by atoms with Gasteiger partial charge in [-0.2, -0.15) is 8.78 Å². The Bertz CT molecular complexity index is 657. The first-order valence-electron chi connectivity index (χ1n) is 6.90. The minimum absolute atomic E-state index is 0.0135. The number of aromatic nitrogens is 1. The van der Waals surface area contributed by atoms with Crippen LogP contribution in [0.3, 0.4) is 0 Å². The van der Waals surface area contributed by atoms with Gasteiger partial charge in [-0.3, -0.25) is 4.79 Å². The van der Waals surface area contributed by atoms with Gasteiger partial charge in [-0.15, -0.1) is 0 Å². The average Bonchev–Trinajstić information content (AvgIpc) is 2.91. The molecule has 0 spiro atoms. The Balaban J connectivity index is 2.24. The van der Waals surface area contributed by atoms with Gasteiger partial charge in [0.1, 0.15) is 11.4 Å². The maximum absolute atomic E-state index is 12.4. The molecular weight excluding hydrogens is 294 g/mol. The molecule has 1 heterocycles. The van der Waals surface area contributed by atoms with Crippen LogP contribution in [0.1, 0.15) is 24.3 Å². The SMILES string of the molecule is CC(CO)C(C)NC(=O)c1cc2c(OC(F)F)cccc2[nH]1. The molecule has 3 N–H and O–H groups in total. The Morgan fingerprint density at radius 3 is 2.77 bits per heavy atom. The highest BCUT2D eigenvalue weighted by molar-refractivity contribution is 5.99. The van der Waals surface area contributed by atoms with Gasteiger partial charge in [-0.05, 0) is 31.0 Å². The lowest BCUT2D eigenvalue weighted by Gasteiger charge is -2.18. The zero-order valence-electron chi connectivity index (χ0n) is 12.3. The first-order chi connectivity index (χ1) is 10.4. The molecule has 22 heavy (non-hydrogen) atoms. The molecule has 0 aliphatic carbocycles. The van der Waals surface area contributed by atoms with Gasteiger partial charge in [0.2, 0.25) is 0 Å². The van der Waals surface area contributed by atoms with Crippen LogP contribution in [0.15, 0.2) is 24.3 Å². The van der Waals surface area contributed by atoms with Crippen molar-refractivity contribution in [2.45, 2.75) is 26.5 Å². The Labute approximate surface area is 126 Å². The molecule has 7 heteroatoms. The van der Waals surface area contributed by atoms with Crippen LogP contribution in [0.4, 0.5) is 8.78 Å². The van der Waals surface area contributed by atoms with Crippen molar-refractivity contribution in [1.82, 2.24) is 10.3 Å². The van der Waals surface area contributed by atoms with Gasteiger partial charge in [0.05, 0.1) is 0 Å². The number of fused-ring (bicyclic) bond motifs is 1. The lowest BCUT2D eigenvalue weighted by Crippen LogP contribution is -2.38. The van der Waals surface area contributed by atoms with E-state index in [1.807, 2.05) is 6.92 Å². The topological polar surface area (TPSA) is 74.3 Å². The van der Waals surface area contributed by atoms with Crippen molar-refractivity contribution in [2.24, 2.45) is 5.92 Å². The van der Waals surface area contributed by atoms with Gasteiger partial charge in [0.15, 0.2) is 0 Å². The zero-order valence-corrected chi connectivity index (χ0v) is 12.3. The quantitative estimate of drug-likeness (QED) is 0.767. The first kappa shape index (κ1) is 16.2. The second-order valence-electron chi connectivity index (χ2n) is 5.20. The Kier molecular flexibility index (Phi) is 4.97. The predicted molar refractivity (Wildman–Crippen MR) is 78.1 cm³/mol. The van der Waals surface area contributed by atoms with Gasteiger partial charge in [0.25, 0.3) is 5.91 Å². The highest BCUT2D eigenvalue weighted by Crippen LogP contribution is 2.27. The number of aliphatic hydroxyl groups excluding tert-OH is 1. The standard InChI is InChI=1S/C15H18F2N2O3/c1-8(7-20)9(2)18-14(21)12-6-10-11(19-12)4-3-5-13(10)22-15(16)17/h3-6,8-9,15,19-20H,7H2,1-2H3,(H,18,21). The summed E-state index contributed by atoms with van der Waals surface area (Å²) >= 11 is 0. The van der Waals surface area contributed by atoms with E-state index in [0.717, 1.165) is 0 Å². The summed E-state index contributed by atoms with van der Waals surface area (Å²) in [6.45, 7) is 0.626. The van der Waals surface area contributed by atoms with Crippen molar-refractivity contribution in [1.29, 1.82) is 0 Å². The summed E-state index contributed by atoms with van der Waals surface area (Å²) in [4.78, 5) is 15.0. The molecule has 0 fully saturated rings. The lowest BCUT2D eigenvalue weighted by molar-refractivity contribution is -0.0487. The number of benzene rings is 1. The van der Waals surface area contributed by atoms with Crippen molar-refractivity contribution < 1.29 is 23.4 Å². The largest absolute Gasteiger partial charge is 0.434 e. The van der Waals surface area contributed by atoms with Gasteiger partial charge in [0, 0.05) is 23.6 Å². The summed E-state index contributed by atoms with van der Waals surface area (Å²) in [6, 6.07) is 5.90. The van der Waals surface area contributed by atoms with Gasteiger partial charge >= 0.3 is 6.61 Å². The normalized spacial score (nSPS) is 14.1. The van der Waals surface area contributed by atoms with Gasteiger partial charge in [-0.1, -0.05) is 13.0 Å². The highest BCUT2D eigenvalue weighted by Gasteiger charge is 2.18. The third-order valence-electron chi connectivity index (χ3n) is 3.59. The van der Waals surface area contributed by atoms with E-state index in [9.17, 15) is 13.6 Å². The molecule has 1 amide bonds. The van der Waals surface area contributed by atoms with Crippen molar-refractivity contribution in [3.05, 3.63) is 30.0 Å². The minimum Gasteiger partial charge on any atom is -0.434 e. The van der Waals surface area contributed by atoms with Crippen LogP contribution in [0.2, 0.25) is 0 Å². The maximum Gasteiger partial charge on any atom is 0.387 e. The van der Waals surface area contributed by atoms with Crippen molar-refractivity contribution in [3.8, 4) is 5.75 Å². The van der Waals surface area contributed by atoms with Crippen LogP contribution in [0, 0.1) is 5.92 Å². The number of aromatic amines is 1. The number of ether oxygens (including phenoxy) is 1. The van der Waals surface area contributed by atoms with E-state index in [2.05, 4.69) is 15.0 Å². The van der Waals surface area contributed by atoms with Gasteiger partial charge < -0.3 is 20.1 Å². The summed E-state index contributed by atoms with van der Waals surface area (Å²) in [6.07, 6.45) is 0. The summed E-state index contributed by atoms with van der Waals surface area (Å²) in [5.41, 5.74) is 0.781. The average molecular weight is 312 g/mol. The fraction of sp³-hybridized carbons (Fsp3) is 0.400. The van der Waals surface area contributed by atoms with Gasteiger partial charge in [-0.25, -0.2) is 0 Å². The summed E-state index contributed by atoms with van der Waals surface area (Å²) in [5.74, 6) is -0.447. The molecule has 120 valence electrons. The molecule has 0 saturated carbocycles. The van der Waals surface area contributed by atoms with E-state index < -0.39 is 6.61 Å². The second kappa shape index (κ2) is 6.74. The number of hydrogen-bond acceptors (Lipinski definition) is 3. The molecule has 1 aromatic heterocycles. The molecule has 2 aromatic rings. The number of hydrogen-bond donors (Lipinski definition) is 3. The van der Waals surface area contributed by atoms with E-state index in [1.165, 1.54) is 12.1 Å². The van der Waals surface area contributed by atoms with Crippen LogP contribution in [-0.2, 0) is 0 Å². The Morgan fingerprint density at radius 1 is 1.41 bits per heavy atom. The fourth-order valence-electron chi connectivity index (χ4n) is 2.03. The Morgan fingerprint density at radius 2 is 2.14 bits per heavy atom. The number of halogens is 2. The van der Waals surface area contributed by atoms with E-state index in [1.54, 1.807) is 19.1 Å². The zero-order chi connectivity index (χ0) is 16.3. The summed E-state index contributed by atoms with van der Waals surface area (Å²) in [5, 5.41) is 12.2. The van der Waals surface area contributed by atoms with E-state index >= 15 is 0 Å². The molecule has 5 nitrogen and oxygen atoms in total. The van der Waals surface area contributed by atoms with Crippen molar-refractivity contribution >= 4 is 16.8 Å². The number of carbonyl (C=O) groups is 1. The smallest absolute Gasteiger partial charge is 0.387 e. The summed E-state index contributed by atoms with van der Waals surface area (Å²) in [7, 11) is 0.